The molecule has 0 aliphatic carbocycles. The maximum Gasteiger partial charge on any atom is 0.0628 e. The maximum atomic E-state index is 9.40. The SMILES string of the molecule is C=CC[C@@](CN)(CO)NCc1ccccc1. The van der Waals surface area contributed by atoms with E-state index in [-0.39, 0.29) is 6.61 Å². The van der Waals surface area contributed by atoms with Crippen LogP contribution in [0.5, 0.6) is 0 Å². The minimum absolute atomic E-state index is 0.0162. The van der Waals surface area contributed by atoms with Crippen molar-refractivity contribution in [3.8, 4) is 0 Å². The standard InChI is InChI=1S/C13H20N2O/c1-2-8-13(10-14,11-16)15-9-12-6-4-3-5-7-12/h2-7,15-16H,1,8-11,14H2/t13-/m1/s1. The first-order valence-corrected chi connectivity index (χ1v) is 5.47. The Balaban J connectivity index is 2.59. The van der Waals surface area contributed by atoms with Gasteiger partial charge in [0.15, 0.2) is 0 Å². The van der Waals surface area contributed by atoms with Crippen molar-refractivity contribution in [3.63, 3.8) is 0 Å². The van der Waals surface area contributed by atoms with Crippen LogP contribution in [0.3, 0.4) is 0 Å². The molecule has 3 nitrogen and oxygen atoms in total. The van der Waals surface area contributed by atoms with Crippen LogP contribution >= 0.6 is 0 Å². The molecule has 0 heterocycles. The van der Waals surface area contributed by atoms with Gasteiger partial charge in [0.2, 0.25) is 0 Å². The van der Waals surface area contributed by atoms with E-state index in [1.54, 1.807) is 6.08 Å². The fourth-order valence-electron chi connectivity index (χ4n) is 1.57. The fraction of sp³-hybridized carbons (Fsp3) is 0.385. The van der Waals surface area contributed by atoms with Crippen LogP contribution < -0.4 is 11.1 Å². The van der Waals surface area contributed by atoms with Crippen molar-refractivity contribution in [3.05, 3.63) is 48.6 Å². The third kappa shape index (κ3) is 3.45. The summed E-state index contributed by atoms with van der Waals surface area (Å²) in [6.07, 6.45) is 2.44. The molecule has 0 aliphatic heterocycles. The minimum atomic E-state index is -0.447. The normalized spacial score (nSPS) is 14.4. The molecule has 0 spiro atoms. The van der Waals surface area contributed by atoms with Gasteiger partial charge in [-0.05, 0) is 12.0 Å². The van der Waals surface area contributed by atoms with Crippen molar-refractivity contribution in [2.75, 3.05) is 13.2 Å². The van der Waals surface area contributed by atoms with Gasteiger partial charge in [-0.15, -0.1) is 6.58 Å². The minimum Gasteiger partial charge on any atom is -0.394 e. The summed E-state index contributed by atoms with van der Waals surface area (Å²) in [5, 5.41) is 12.7. The van der Waals surface area contributed by atoms with Gasteiger partial charge in [0.05, 0.1) is 12.1 Å². The van der Waals surface area contributed by atoms with E-state index in [4.69, 9.17) is 5.73 Å². The molecule has 1 aromatic rings. The van der Waals surface area contributed by atoms with E-state index in [0.29, 0.717) is 19.5 Å². The Bertz CT molecular complexity index is 307. The highest BCUT2D eigenvalue weighted by Gasteiger charge is 2.25. The van der Waals surface area contributed by atoms with Crippen LogP contribution in [0, 0.1) is 0 Å². The summed E-state index contributed by atoms with van der Waals surface area (Å²) in [7, 11) is 0. The summed E-state index contributed by atoms with van der Waals surface area (Å²) in [4.78, 5) is 0. The summed E-state index contributed by atoms with van der Waals surface area (Å²) in [6.45, 7) is 4.80. The van der Waals surface area contributed by atoms with Crippen LogP contribution in [0.15, 0.2) is 43.0 Å². The highest BCUT2D eigenvalue weighted by Crippen LogP contribution is 2.10. The number of benzene rings is 1. The molecule has 3 heteroatoms. The lowest BCUT2D eigenvalue weighted by atomic mass is 9.96. The van der Waals surface area contributed by atoms with E-state index in [9.17, 15) is 5.11 Å². The molecule has 0 radical (unpaired) electrons. The van der Waals surface area contributed by atoms with Crippen LogP contribution in [0.1, 0.15) is 12.0 Å². The zero-order valence-corrected chi connectivity index (χ0v) is 9.52. The van der Waals surface area contributed by atoms with E-state index in [2.05, 4.69) is 11.9 Å². The van der Waals surface area contributed by atoms with E-state index in [1.807, 2.05) is 30.3 Å². The van der Waals surface area contributed by atoms with Gasteiger partial charge in [-0.25, -0.2) is 0 Å². The second-order valence-corrected chi connectivity index (χ2v) is 3.97. The Morgan fingerprint density at radius 2 is 2.06 bits per heavy atom. The molecule has 0 amide bonds. The van der Waals surface area contributed by atoms with Crippen molar-refractivity contribution in [1.29, 1.82) is 0 Å². The van der Waals surface area contributed by atoms with E-state index in [1.165, 1.54) is 5.56 Å². The van der Waals surface area contributed by atoms with Crippen LogP contribution in [0.2, 0.25) is 0 Å². The van der Waals surface area contributed by atoms with Crippen LogP contribution in [0.4, 0.5) is 0 Å². The van der Waals surface area contributed by atoms with Gasteiger partial charge in [-0.1, -0.05) is 36.4 Å². The van der Waals surface area contributed by atoms with E-state index < -0.39 is 5.54 Å². The van der Waals surface area contributed by atoms with E-state index >= 15 is 0 Å². The number of nitrogens with one attached hydrogen (secondary N) is 1. The third-order valence-electron chi connectivity index (χ3n) is 2.74. The highest BCUT2D eigenvalue weighted by atomic mass is 16.3. The summed E-state index contributed by atoms with van der Waals surface area (Å²) < 4.78 is 0. The van der Waals surface area contributed by atoms with Crippen molar-refractivity contribution in [1.82, 2.24) is 5.32 Å². The molecular weight excluding hydrogens is 200 g/mol. The average molecular weight is 220 g/mol. The number of rotatable bonds is 7. The smallest absolute Gasteiger partial charge is 0.0628 e. The van der Waals surface area contributed by atoms with Crippen LogP contribution in [0.25, 0.3) is 0 Å². The van der Waals surface area contributed by atoms with Crippen molar-refractivity contribution in [2.45, 2.75) is 18.5 Å². The van der Waals surface area contributed by atoms with Crippen LogP contribution in [-0.4, -0.2) is 23.8 Å². The van der Waals surface area contributed by atoms with Gasteiger partial charge in [0.25, 0.3) is 0 Å². The van der Waals surface area contributed by atoms with Gasteiger partial charge < -0.3 is 16.2 Å². The molecule has 0 saturated carbocycles. The maximum absolute atomic E-state index is 9.40. The topological polar surface area (TPSA) is 58.3 Å². The molecule has 88 valence electrons. The number of hydrogen-bond donors (Lipinski definition) is 3. The van der Waals surface area contributed by atoms with Gasteiger partial charge >= 0.3 is 0 Å². The lowest BCUT2D eigenvalue weighted by Gasteiger charge is -2.30. The first-order valence-electron chi connectivity index (χ1n) is 5.47. The van der Waals surface area contributed by atoms with Gasteiger partial charge in [0, 0.05) is 13.1 Å². The molecule has 0 fully saturated rings. The molecule has 4 N–H and O–H groups in total. The molecule has 1 rings (SSSR count). The van der Waals surface area contributed by atoms with Gasteiger partial charge in [-0.2, -0.15) is 0 Å². The summed E-state index contributed by atoms with van der Waals surface area (Å²) in [5.74, 6) is 0. The zero-order valence-electron chi connectivity index (χ0n) is 9.52. The largest absolute Gasteiger partial charge is 0.394 e. The Hall–Kier alpha value is -1.16. The quantitative estimate of drug-likeness (QED) is 0.602. The highest BCUT2D eigenvalue weighted by molar-refractivity contribution is 5.15. The summed E-state index contributed by atoms with van der Waals surface area (Å²) in [5.41, 5.74) is 6.43. The van der Waals surface area contributed by atoms with Crippen molar-refractivity contribution < 1.29 is 5.11 Å². The molecule has 0 unspecified atom stereocenters. The number of hydrogen-bond acceptors (Lipinski definition) is 3. The van der Waals surface area contributed by atoms with Gasteiger partial charge in [0.1, 0.15) is 0 Å². The van der Waals surface area contributed by atoms with Crippen molar-refractivity contribution in [2.24, 2.45) is 5.73 Å². The van der Waals surface area contributed by atoms with E-state index in [0.717, 1.165) is 0 Å². The lowest BCUT2D eigenvalue weighted by Crippen LogP contribution is -2.53. The lowest BCUT2D eigenvalue weighted by molar-refractivity contribution is 0.165. The first kappa shape index (κ1) is 12.9. The Labute approximate surface area is 97.0 Å². The fourth-order valence-corrected chi connectivity index (χ4v) is 1.57. The molecular formula is C13H20N2O. The predicted octanol–water partition coefficient (Wildman–Crippen LogP) is 1.04. The summed E-state index contributed by atoms with van der Waals surface area (Å²) >= 11 is 0. The second kappa shape index (κ2) is 6.43. The Morgan fingerprint density at radius 1 is 1.38 bits per heavy atom. The molecule has 1 aromatic carbocycles. The third-order valence-corrected chi connectivity index (χ3v) is 2.74. The van der Waals surface area contributed by atoms with Crippen LogP contribution in [-0.2, 0) is 6.54 Å². The zero-order chi connectivity index (χ0) is 11.9. The molecule has 0 aliphatic rings. The second-order valence-electron chi connectivity index (χ2n) is 3.97. The van der Waals surface area contributed by atoms with Gasteiger partial charge in [-0.3, -0.25) is 0 Å². The predicted molar refractivity (Wildman–Crippen MR) is 67.0 cm³/mol. The number of nitrogens with two attached hydrogens (primary N) is 1. The molecule has 0 saturated heterocycles. The number of aliphatic hydroxyl groups excluding tert-OH is 1. The molecule has 16 heavy (non-hydrogen) atoms. The molecule has 1 atom stereocenters. The molecule has 0 bridgehead atoms. The molecule has 0 aromatic heterocycles. The monoisotopic (exact) mass is 220 g/mol. The average Bonchev–Trinajstić information content (AvgIpc) is 2.36. The Morgan fingerprint density at radius 3 is 2.56 bits per heavy atom. The first-order chi connectivity index (χ1) is 7.76. The summed E-state index contributed by atoms with van der Waals surface area (Å²) in [6, 6.07) is 10.1. The number of aliphatic hydroxyl groups is 1. The Kier molecular flexibility index (Phi) is 5.19. The van der Waals surface area contributed by atoms with Crippen molar-refractivity contribution >= 4 is 0 Å².